The number of anilines is 1. The molecule has 29 heavy (non-hydrogen) atoms. The lowest BCUT2D eigenvalue weighted by atomic mass is 10.0. The van der Waals surface area contributed by atoms with Crippen LogP contribution in [0, 0.1) is 0 Å². The Hall–Kier alpha value is -3.22. The summed E-state index contributed by atoms with van der Waals surface area (Å²) in [6, 6.07) is 13.2. The summed E-state index contributed by atoms with van der Waals surface area (Å²) in [5, 5.41) is 0. The summed E-state index contributed by atoms with van der Waals surface area (Å²) in [4.78, 5) is 29.0. The fraction of sp³-hybridized carbons (Fsp3) is 0.364. The van der Waals surface area contributed by atoms with Crippen molar-refractivity contribution < 1.29 is 23.8 Å². The lowest BCUT2D eigenvalue weighted by molar-refractivity contribution is -0.132. The lowest BCUT2D eigenvalue weighted by Crippen LogP contribution is -2.46. The molecule has 3 aliphatic heterocycles. The zero-order valence-corrected chi connectivity index (χ0v) is 16.0. The van der Waals surface area contributed by atoms with Gasteiger partial charge in [0.2, 0.25) is 5.91 Å². The third-order valence-corrected chi connectivity index (χ3v) is 5.63. The average Bonchev–Trinajstić information content (AvgIpc) is 3.25. The molecule has 7 nitrogen and oxygen atoms in total. The van der Waals surface area contributed by atoms with Gasteiger partial charge in [-0.25, -0.2) is 0 Å². The maximum atomic E-state index is 13.2. The molecule has 1 fully saturated rings. The Morgan fingerprint density at radius 1 is 1.00 bits per heavy atom. The molecule has 0 spiro atoms. The quantitative estimate of drug-likeness (QED) is 0.800. The number of carbonyl (C=O) groups is 2. The normalized spacial score (nSPS) is 20.3. The van der Waals surface area contributed by atoms with Crippen LogP contribution < -0.4 is 19.1 Å². The van der Waals surface area contributed by atoms with Gasteiger partial charge in [-0.05, 0) is 42.7 Å². The Labute approximate surface area is 168 Å². The highest BCUT2D eigenvalue weighted by atomic mass is 16.6. The van der Waals surface area contributed by atoms with Gasteiger partial charge in [-0.15, -0.1) is 0 Å². The van der Waals surface area contributed by atoms with E-state index in [-0.39, 0.29) is 31.0 Å². The molecule has 0 saturated carbocycles. The molecule has 7 heteroatoms. The first-order valence-corrected chi connectivity index (χ1v) is 9.92. The molecule has 1 atom stereocenters. The Bertz CT molecular complexity index is 960. The maximum Gasteiger partial charge on any atom is 0.265 e. The van der Waals surface area contributed by atoms with Crippen molar-refractivity contribution in [3.63, 3.8) is 0 Å². The summed E-state index contributed by atoms with van der Waals surface area (Å²) in [6.45, 7) is 1.73. The molecular formula is C22H22N2O5. The van der Waals surface area contributed by atoms with E-state index < -0.39 is 0 Å². The second-order valence-electron chi connectivity index (χ2n) is 7.38. The lowest BCUT2D eigenvalue weighted by Gasteiger charge is -2.32. The number of fused-ring (bicyclic) bond motifs is 2. The second kappa shape index (κ2) is 7.31. The molecule has 2 aromatic carbocycles. The highest BCUT2D eigenvalue weighted by Crippen LogP contribution is 2.38. The molecule has 1 unspecified atom stereocenters. The smallest absolute Gasteiger partial charge is 0.265 e. The van der Waals surface area contributed by atoms with Gasteiger partial charge < -0.3 is 19.1 Å². The molecule has 0 bridgehead atoms. The number of amides is 2. The van der Waals surface area contributed by atoms with Crippen molar-refractivity contribution in [2.75, 3.05) is 37.8 Å². The molecule has 0 aliphatic carbocycles. The van der Waals surface area contributed by atoms with Crippen molar-refractivity contribution in [2.45, 2.75) is 18.9 Å². The van der Waals surface area contributed by atoms with Crippen molar-refractivity contribution in [1.82, 2.24) is 4.90 Å². The van der Waals surface area contributed by atoms with E-state index in [0.29, 0.717) is 31.2 Å². The minimum atomic E-state index is -0.202. The van der Waals surface area contributed by atoms with Crippen LogP contribution in [0.5, 0.6) is 17.2 Å². The SMILES string of the molecule is O=C1COc2ccccc2N1CC(=O)N1CCCC1c1ccc2c(c1)OCCO2. The summed E-state index contributed by atoms with van der Waals surface area (Å²) in [6.07, 6.45) is 1.82. The van der Waals surface area contributed by atoms with Gasteiger partial charge in [-0.3, -0.25) is 14.5 Å². The summed E-state index contributed by atoms with van der Waals surface area (Å²) >= 11 is 0. The number of hydrogen-bond donors (Lipinski definition) is 0. The number of likely N-dealkylation sites (tertiary alicyclic amines) is 1. The van der Waals surface area contributed by atoms with Crippen LogP contribution in [0.3, 0.4) is 0 Å². The van der Waals surface area contributed by atoms with Gasteiger partial charge in [-0.1, -0.05) is 18.2 Å². The molecule has 5 rings (SSSR count). The van der Waals surface area contributed by atoms with Gasteiger partial charge >= 0.3 is 0 Å². The van der Waals surface area contributed by atoms with E-state index in [2.05, 4.69) is 0 Å². The van der Waals surface area contributed by atoms with Gasteiger partial charge in [0, 0.05) is 6.54 Å². The van der Waals surface area contributed by atoms with Crippen LogP contribution in [0.1, 0.15) is 24.4 Å². The summed E-state index contributed by atoms with van der Waals surface area (Å²) in [5.74, 6) is 1.83. The molecule has 150 valence electrons. The van der Waals surface area contributed by atoms with Crippen LogP contribution in [-0.4, -0.2) is 49.6 Å². The molecule has 3 heterocycles. The number of para-hydroxylation sites is 2. The van der Waals surface area contributed by atoms with Gasteiger partial charge in [-0.2, -0.15) is 0 Å². The minimum Gasteiger partial charge on any atom is -0.486 e. The van der Waals surface area contributed by atoms with Crippen molar-refractivity contribution >= 4 is 17.5 Å². The van der Waals surface area contributed by atoms with Crippen molar-refractivity contribution in [3.05, 3.63) is 48.0 Å². The van der Waals surface area contributed by atoms with Crippen LogP contribution in [0.15, 0.2) is 42.5 Å². The second-order valence-corrected chi connectivity index (χ2v) is 7.38. The highest BCUT2D eigenvalue weighted by molar-refractivity contribution is 6.02. The Morgan fingerprint density at radius 2 is 1.83 bits per heavy atom. The average molecular weight is 394 g/mol. The van der Waals surface area contributed by atoms with E-state index in [1.165, 1.54) is 4.90 Å². The third-order valence-electron chi connectivity index (χ3n) is 5.63. The van der Waals surface area contributed by atoms with Crippen molar-refractivity contribution in [1.29, 1.82) is 0 Å². The fourth-order valence-electron chi connectivity index (χ4n) is 4.23. The summed E-state index contributed by atoms with van der Waals surface area (Å²) in [7, 11) is 0. The van der Waals surface area contributed by atoms with Gasteiger partial charge in [0.1, 0.15) is 25.5 Å². The number of carbonyl (C=O) groups excluding carboxylic acids is 2. The molecule has 3 aliphatic rings. The topological polar surface area (TPSA) is 68.3 Å². The summed E-state index contributed by atoms with van der Waals surface area (Å²) < 4.78 is 16.8. The first-order valence-electron chi connectivity index (χ1n) is 9.92. The largest absolute Gasteiger partial charge is 0.486 e. The van der Waals surface area contributed by atoms with Gasteiger partial charge in [0.25, 0.3) is 5.91 Å². The van der Waals surface area contributed by atoms with E-state index in [1.807, 2.05) is 47.4 Å². The summed E-state index contributed by atoms with van der Waals surface area (Å²) in [5.41, 5.74) is 1.68. The van der Waals surface area contributed by atoms with E-state index in [1.54, 1.807) is 0 Å². The van der Waals surface area contributed by atoms with Crippen molar-refractivity contribution in [3.8, 4) is 17.2 Å². The van der Waals surface area contributed by atoms with Crippen LogP contribution >= 0.6 is 0 Å². The Balaban J connectivity index is 1.36. The number of benzene rings is 2. The van der Waals surface area contributed by atoms with Crippen LogP contribution in [0.4, 0.5) is 5.69 Å². The fourth-order valence-corrected chi connectivity index (χ4v) is 4.23. The van der Waals surface area contributed by atoms with E-state index in [0.717, 1.165) is 29.9 Å². The minimum absolute atomic E-state index is 0.0141. The first kappa shape index (κ1) is 17.8. The van der Waals surface area contributed by atoms with Gasteiger partial charge in [0.05, 0.1) is 11.7 Å². The predicted molar refractivity (Wildman–Crippen MR) is 105 cm³/mol. The van der Waals surface area contributed by atoms with Crippen LogP contribution in [0.25, 0.3) is 0 Å². The molecule has 0 N–H and O–H groups in total. The zero-order chi connectivity index (χ0) is 19.8. The van der Waals surface area contributed by atoms with Crippen LogP contribution in [-0.2, 0) is 9.59 Å². The molecule has 0 aromatic heterocycles. The highest BCUT2D eigenvalue weighted by Gasteiger charge is 2.34. The molecule has 2 amide bonds. The standard InChI is InChI=1S/C22H22N2O5/c25-21(13-24-17-4-1-2-6-18(17)29-14-22(24)26)23-9-3-5-16(23)15-7-8-19-20(12-15)28-11-10-27-19/h1-2,4,6-8,12,16H,3,5,9-11,13-14H2. The van der Waals surface area contributed by atoms with E-state index >= 15 is 0 Å². The van der Waals surface area contributed by atoms with Crippen LogP contribution in [0.2, 0.25) is 0 Å². The van der Waals surface area contributed by atoms with Crippen molar-refractivity contribution in [2.24, 2.45) is 0 Å². The Morgan fingerprint density at radius 3 is 2.72 bits per heavy atom. The number of nitrogens with zero attached hydrogens (tertiary/aromatic N) is 2. The number of rotatable bonds is 3. The molecule has 2 aromatic rings. The molecular weight excluding hydrogens is 372 g/mol. The predicted octanol–water partition coefficient (Wildman–Crippen LogP) is 2.55. The molecule has 1 saturated heterocycles. The maximum absolute atomic E-state index is 13.2. The monoisotopic (exact) mass is 394 g/mol. The van der Waals surface area contributed by atoms with E-state index in [9.17, 15) is 9.59 Å². The number of hydrogen-bond acceptors (Lipinski definition) is 5. The zero-order valence-electron chi connectivity index (χ0n) is 16.0. The Kier molecular flexibility index (Phi) is 4.50. The van der Waals surface area contributed by atoms with E-state index in [4.69, 9.17) is 14.2 Å². The first-order chi connectivity index (χ1) is 14.2. The van der Waals surface area contributed by atoms with Gasteiger partial charge in [0.15, 0.2) is 18.1 Å². The molecule has 0 radical (unpaired) electrons. The third kappa shape index (κ3) is 3.26. The number of ether oxygens (including phenoxy) is 3.